The van der Waals surface area contributed by atoms with Crippen LogP contribution in [0.25, 0.3) is 0 Å². The standard InChI is InChI=1S/C19H27N3O2/c1-20-18(22-15-11-13-7-8-17(15)24-13)21-12-19(9-10-19)14-5-3-4-6-16(14)23-2/h3-6,13,15,17H,7-12H2,1-2H3,(H2,20,21,22). The Balaban J connectivity index is 1.38. The molecule has 3 fully saturated rings. The molecule has 130 valence electrons. The van der Waals surface area contributed by atoms with Crippen LogP contribution in [0.15, 0.2) is 29.3 Å². The second kappa shape index (κ2) is 6.28. The van der Waals surface area contributed by atoms with Crippen molar-refractivity contribution in [2.45, 2.75) is 55.8 Å². The predicted molar refractivity (Wildman–Crippen MR) is 94.7 cm³/mol. The van der Waals surface area contributed by atoms with E-state index in [0.717, 1.165) is 24.7 Å². The first-order valence-corrected chi connectivity index (χ1v) is 9.00. The minimum atomic E-state index is 0.176. The van der Waals surface area contributed by atoms with Crippen molar-refractivity contribution in [1.29, 1.82) is 0 Å². The minimum absolute atomic E-state index is 0.176. The molecule has 2 saturated heterocycles. The van der Waals surface area contributed by atoms with Crippen molar-refractivity contribution in [1.82, 2.24) is 10.6 Å². The summed E-state index contributed by atoms with van der Waals surface area (Å²) in [7, 11) is 3.59. The van der Waals surface area contributed by atoms with Gasteiger partial charge in [-0.3, -0.25) is 4.99 Å². The van der Waals surface area contributed by atoms with Crippen molar-refractivity contribution in [3.05, 3.63) is 29.8 Å². The van der Waals surface area contributed by atoms with Gasteiger partial charge in [-0.05, 0) is 38.2 Å². The van der Waals surface area contributed by atoms with Crippen LogP contribution in [0.5, 0.6) is 5.75 Å². The zero-order chi connectivity index (χ0) is 16.6. The Bertz CT molecular complexity index is 627. The molecule has 4 rings (SSSR count). The number of fused-ring (bicyclic) bond motifs is 2. The number of rotatable bonds is 5. The average molecular weight is 329 g/mol. The Morgan fingerprint density at radius 2 is 2.17 bits per heavy atom. The number of hydrogen-bond acceptors (Lipinski definition) is 3. The summed E-state index contributed by atoms with van der Waals surface area (Å²) < 4.78 is 11.5. The van der Waals surface area contributed by atoms with E-state index in [4.69, 9.17) is 9.47 Å². The Morgan fingerprint density at radius 3 is 2.79 bits per heavy atom. The molecule has 0 radical (unpaired) electrons. The molecule has 5 heteroatoms. The van der Waals surface area contributed by atoms with Gasteiger partial charge < -0.3 is 20.1 Å². The Morgan fingerprint density at radius 1 is 1.33 bits per heavy atom. The van der Waals surface area contributed by atoms with Gasteiger partial charge in [-0.15, -0.1) is 0 Å². The van der Waals surface area contributed by atoms with Crippen LogP contribution in [0.2, 0.25) is 0 Å². The van der Waals surface area contributed by atoms with E-state index in [1.807, 2.05) is 13.1 Å². The lowest BCUT2D eigenvalue weighted by atomic mass is 9.94. The van der Waals surface area contributed by atoms with Crippen LogP contribution in [0, 0.1) is 0 Å². The number of hydrogen-bond donors (Lipinski definition) is 2. The molecule has 0 spiro atoms. The van der Waals surface area contributed by atoms with Crippen molar-refractivity contribution < 1.29 is 9.47 Å². The first-order chi connectivity index (χ1) is 11.7. The van der Waals surface area contributed by atoms with E-state index in [-0.39, 0.29) is 5.41 Å². The van der Waals surface area contributed by atoms with Gasteiger partial charge in [0.25, 0.3) is 0 Å². The maximum atomic E-state index is 5.93. The molecule has 1 aromatic carbocycles. The van der Waals surface area contributed by atoms with Crippen LogP contribution in [0.4, 0.5) is 0 Å². The second-order valence-corrected chi connectivity index (χ2v) is 7.27. The Hall–Kier alpha value is -1.75. The predicted octanol–water partition coefficient (Wildman–Crippen LogP) is 2.21. The molecule has 3 atom stereocenters. The maximum absolute atomic E-state index is 5.93. The number of benzene rings is 1. The second-order valence-electron chi connectivity index (χ2n) is 7.27. The molecular weight excluding hydrogens is 302 g/mol. The van der Waals surface area contributed by atoms with Gasteiger partial charge in [0.05, 0.1) is 25.4 Å². The molecule has 2 bridgehead atoms. The van der Waals surface area contributed by atoms with Gasteiger partial charge in [0.15, 0.2) is 5.96 Å². The number of para-hydroxylation sites is 1. The quantitative estimate of drug-likeness (QED) is 0.642. The number of ether oxygens (including phenoxy) is 2. The van der Waals surface area contributed by atoms with Crippen LogP contribution >= 0.6 is 0 Å². The van der Waals surface area contributed by atoms with Crippen molar-refractivity contribution in [2.75, 3.05) is 20.7 Å². The zero-order valence-corrected chi connectivity index (χ0v) is 14.5. The molecule has 0 amide bonds. The van der Waals surface area contributed by atoms with Gasteiger partial charge >= 0.3 is 0 Å². The van der Waals surface area contributed by atoms with Crippen LogP contribution in [-0.4, -0.2) is 44.9 Å². The van der Waals surface area contributed by atoms with E-state index in [2.05, 4.69) is 33.8 Å². The van der Waals surface area contributed by atoms with Crippen molar-refractivity contribution in [3.63, 3.8) is 0 Å². The first kappa shape index (κ1) is 15.8. The van der Waals surface area contributed by atoms with Crippen LogP contribution in [0.3, 0.4) is 0 Å². The van der Waals surface area contributed by atoms with Crippen molar-refractivity contribution in [2.24, 2.45) is 4.99 Å². The van der Waals surface area contributed by atoms with Gasteiger partial charge in [0, 0.05) is 24.6 Å². The summed E-state index contributed by atoms with van der Waals surface area (Å²) in [5, 5.41) is 7.10. The Kier molecular flexibility index (Phi) is 4.12. The fraction of sp³-hybridized carbons (Fsp3) is 0.632. The highest BCUT2D eigenvalue weighted by molar-refractivity contribution is 5.80. The SMILES string of the molecule is CN=C(NCC1(c2ccccc2OC)CC1)NC1CC2CCC1O2. The average Bonchev–Trinajstić information content (AvgIpc) is 3.12. The molecule has 1 aromatic rings. The van der Waals surface area contributed by atoms with Crippen LogP contribution in [0.1, 0.15) is 37.7 Å². The molecular formula is C19H27N3O2. The lowest BCUT2D eigenvalue weighted by molar-refractivity contribution is 0.0992. The minimum Gasteiger partial charge on any atom is -0.496 e. The van der Waals surface area contributed by atoms with Crippen LogP contribution < -0.4 is 15.4 Å². The third kappa shape index (κ3) is 2.86. The molecule has 1 saturated carbocycles. The highest BCUT2D eigenvalue weighted by Gasteiger charge is 2.46. The van der Waals surface area contributed by atoms with Gasteiger partial charge in [-0.1, -0.05) is 18.2 Å². The van der Waals surface area contributed by atoms with Crippen molar-refractivity contribution >= 4 is 5.96 Å². The number of methoxy groups -OCH3 is 1. The van der Waals surface area contributed by atoms with Gasteiger partial charge in [0.1, 0.15) is 5.75 Å². The fourth-order valence-corrected chi connectivity index (χ4v) is 4.19. The summed E-state index contributed by atoms with van der Waals surface area (Å²) in [6.45, 7) is 0.884. The summed E-state index contributed by atoms with van der Waals surface area (Å²) in [4.78, 5) is 4.41. The highest BCUT2D eigenvalue weighted by Crippen LogP contribution is 2.50. The summed E-state index contributed by atoms with van der Waals surface area (Å²) >= 11 is 0. The molecule has 5 nitrogen and oxygen atoms in total. The highest BCUT2D eigenvalue weighted by atomic mass is 16.5. The van der Waals surface area contributed by atoms with Gasteiger partial charge in [-0.25, -0.2) is 0 Å². The smallest absolute Gasteiger partial charge is 0.191 e. The van der Waals surface area contributed by atoms with E-state index in [1.165, 1.54) is 31.2 Å². The summed E-state index contributed by atoms with van der Waals surface area (Å²) in [6, 6.07) is 8.76. The molecule has 2 N–H and O–H groups in total. The van der Waals surface area contributed by atoms with Gasteiger partial charge in [0.2, 0.25) is 0 Å². The first-order valence-electron chi connectivity index (χ1n) is 9.00. The van der Waals surface area contributed by atoms with E-state index in [1.54, 1.807) is 7.11 Å². The maximum Gasteiger partial charge on any atom is 0.191 e. The van der Waals surface area contributed by atoms with E-state index < -0.39 is 0 Å². The third-order valence-corrected chi connectivity index (χ3v) is 5.78. The third-order valence-electron chi connectivity index (χ3n) is 5.78. The van der Waals surface area contributed by atoms with Crippen LogP contribution in [-0.2, 0) is 10.2 Å². The number of nitrogens with one attached hydrogen (secondary N) is 2. The molecule has 1 aliphatic carbocycles. The number of guanidine groups is 1. The van der Waals surface area contributed by atoms with E-state index in [0.29, 0.717) is 18.2 Å². The molecule has 24 heavy (non-hydrogen) atoms. The zero-order valence-electron chi connectivity index (χ0n) is 14.5. The Labute approximate surface area is 143 Å². The number of nitrogens with zero attached hydrogens (tertiary/aromatic N) is 1. The fourth-order valence-electron chi connectivity index (χ4n) is 4.19. The summed E-state index contributed by atoms with van der Waals surface area (Å²) in [6.07, 6.45) is 6.68. The normalized spacial score (nSPS) is 30.2. The summed E-state index contributed by atoms with van der Waals surface area (Å²) in [5.41, 5.74) is 1.48. The topological polar surface area (TPSA) is 54.9 Å². The molecule has 2 heterocycles. The monoisotopic (exact) mass is 329 g/mol. The lowest BCUT2D eigenvalue weighted by Crippen LogP contribution is -2.49. The largest absolute Gasteiger partial charge is 0.496 e. The summed E-state index contributed by atoms with van der Waals surface area (Å²) in [5.74, 6) is 1.87. The van der Waals surface area contributed by atoms with E-state index in [9.17, 15) is 0 Å². The molecule has 3 aliphatic rings. The lowest BCUT2D eigenvalue weighted by Gasteiger charge is -2.25. The van der Waals surface area contributed by atoms with Crippen molar-refractivity contribution in [3.8, 4) is 5.75 Å². The molecule has 2 aliphatic heterocycles. The number of aliphatic imine (C=N–C) groups is 1. The molecule has 0 aromatic heterocycles. The van der Waals surface area contributed by atoms with Gasteiger partial charge in [-0.2, -0.15) is 0 Å². The molecule has 3 unspecified atom stereocenters. The van der Waals surface area contributed by atoms with E-state index >= 15 is 0 Å².